The molecule has 0 saturated carbocycles. The minimum Gasteiger partial charge on any atom is -0.399 e. The molecule has 7 heteroatoms. The molecule has 0 aliphatic carbocycles. The van der Waals surface area contributed by atoms with Crippen LogP contribution in [-0.2, 0) is 10.0 Å². The van der Waals surface area contributed by atoms with Crippen LogP contribution in [0.2, 0.25) is 0 Å². The summed E-state index contributed by atoms with van der Waals surface area (Å²) in [6.07, 6.45) is 0. The van der Waals surface area contributed by atoms with Gasteiger partial charge in [0.1, 0.15) is 11.6 Å². The van der Waals surface area contributed by atoms with Gasteiger partial charge >= 0.3 is 0 Å². The quantitative estimate of drug-likeness (QED) is 0.856. The molecular formula is C13H12F2N2O2S. The van der Waals surface area contributed by atoms with Crippen molar-refractivity contribution in [3.05, 3.63) is 53.6 Å². The number of anilines is 2. The molecule has 0 radical (unpaired) electrons. The first-order valence-electron chi connectivity index (χ1n) is 5.63. The number of nitrogen functional groups attached to an aromatic ring is 1. The van der Waals surface area contributed by atoms with Crippen LogP contribution in [0.3, 0.4) is 0 Å². The van der Waals surface area contributed by atoms with Gasteiger partial charge in [0, 0.05) is 11.8 Å². The Hall–Kier alpha value is -2.15. The molecule has 0 fully saturated rings. The summed E-state index contributed by atoms with van der Waals surface area (Å²) in [6, 6.07) is 6.61. The molecule has 2 aromatic rings. The lowest BCUT2D eigenvalue weighted by Gasteiger charge is -2.10. The largest absolute Gasteiger partial charge is 0.399 e. The van der Waals surface area contributed by atoms with Crippen LogP contribution in [0.5, 0.6) is 0 Å². The Morgan fingerprint density at radius 2 is 1.80 bits per heavy atom. The fraction of sp³-hybridized carbons (Fsp3) is 0.0769. The number of benzene rings is 2. The number of nitrogens with two attached hydrogens (primary N) is 1. The van der Waals surface area contributed by atoms with Gasteiger partial charge in [-0.2, -0.15) is 0 Å². The van der Waals surface area contributed by atoms with Gasteiger partial charge in [-0.05, 0) is 42.8 Å². The van der Waals surface area contributed by atoms with E-state index >= 15 is 0 Å². The second-order valence-corrected chi connectivity index (χ2v) is 5.93. The van der Waals surface area contributed by atoms with Gasteiger partial charge in [-0.3, -0.25) is 4.72 Å². The monoisotopic (exact) mass is 298 g/mol. The van der Waals surface area contributed by atoms with Crippen LogP contribution in [0.25, 0.3) is 0 Å². The van der Waals surface area contributed by atoms with Crippen molar-refractivity contribution in [2.24, 2.45) is 0 Å². The summed E-state index contributed by atoms with van der Waals surface area (Å²) < 4.78 is 52.7. The molecule has 0 spiro atoms. The first kappa shape index (κ1) is 14.3. The predicted molar refractivity (Wildman–Crippen MR) is 72.8 cm³/mol. The maximum Gasteiger partial charge on any atom is 0.261 e. The molecule has 0 aliphatic rings. The van der Waals surface area contributed by atoms with E-state index in [1.807, 2.05) is 4.72 Å². The molecular weight excluding hydrogens is 286 g/mol. The lowest BCUT2D eigenvalue weighted by atomic mass is 10.2. The third kappa shape index (κ3) is 2.88. The molecule has 0 unspecified atom stereocenters. The van der Waals surface area contributed by atoms with E-state index < -0.39 is 27.3 Å². The lowest BCUT2D eigenvalue weighted by molar-refractivity contribution is 0.594. The van der Waals surface area contributed by atoms with Gasteiger partial charge in [-0.15, -0.1) is 0 Å². The van der Waals surface area contributed by atoms with Gasteiger partial charge in [-0.1, -0.05) is 0 Å². The normalized spacial score (nSPS) is 11.3. The number of hydrogen-bond donors (Lipinski definition) is 2. The van der Waals surface area contributed by atoms with Gasteiger partial charge in [0.2, 0.25) is 0 Å². The van der Waals surface area contributed by atoms with E-state index in [1.54, 1.807) is 6.92 Å². The van der Waals surface area contributed by atoms with Crippen LogP contribution in [0.15, 0.2) is 41.3 Å². The zero-order valence-electron chi connectivity index (χ0n) is 10.5. The maximum absolute atomic E-state index is 13.4. The summed E-state index contributed by atoms with van der Waals surface area (Å²) in [5, 5.41) is 0. The summed E-state index contributed by atoms with van der Waals surface area (Å²) in [6.45, 7) is 1.65. The third-order valence-corrected chi connectivity index (χ3v) is 4.09. The van der Waals surface area contributed by atoms with E-state index in [0.29, 0.717) is 11.3 Å². The molecule has 0 saturated heterocycles. The van der Waals surface area contributed by atoms with Gasteiger partial charge in [0.15, 0.2) is 0 Å². The number of halogens is 2. The fourth-order valence-electron chi connectivity index (χ4n) is 1.59. The zero-order chi connectivity index (χ0) is 14.9. The van der Waals surface area contributed by atoms with Crippen molar-refractivity contribution in [1.29, 1.82) is 0 Å². The van der Waals surface area contributed by atoms with Crippen molar-refractivity contribution in [3.63, 3.8) is 0 Å². The van der Waals surface area contributed by atoms with E-state index in [9.17, 15) is 17.2 Å². The average molecular weight is 298 g/mol. The van der Waals surface area contributed by atoms with E-state index in [0.717, 1.165) is 18.2 Å². The molecule has 0 amide bonds. The highest BCUT2D eigenvalue weighted by atomic mass is 32.2. The van der Waals surface area contributed by atoms with Crippen LogP contribution in [0.1, 0.15) is 5.56 Å². The standard InChI is InChI=1S/C13H12F2N2O2S/c1-8-6-10(3-5-12(8)16)20(18,19)17-13-7-9(14)2-4-11(13)15/h2-7,17H,16H2,1H3. The Balaban J connectivity index is 2.40. The van der Waals surface area contributed by atoms with Crippen molar-refractivity contribution >= 4 is 21.4 Å². The summed E-state index contributed by atoms with van der Waals surface area (Å²) >= 11 is 0. The summed E-state index contributed by atoms with van der Waals surface area (Å²) in [4.78, 5) is -0.0761. The van der Waals surface area contributed by atoms with E-state index in [2.05, 4.69) is 0 Å². The van der Waals surface area contributed by atoms with Crippen molar-refractivity contribution in [1.82, 2.24) is 0 Å². The van der Waals surface area contributed by atoms with Crippen LogP contribution in [-0.4, -0.2) is 8.42 Å². The molecule has 0 aromatic heterocycles. The Labute approximate surface area is 115 Å². The summed E-state index contributed by atoms with van der Waals surface area (Å²) in [5.74, 6) is -1.60. The molecule has 2 rings (SSSR count). The maximum atomic E-state index is 13.4. The van der Waals surface area contributed by atoms with Crippen molar-refractivity contribution in [2.45, 2.75) is 11.8 Å². The Kier molecular flexibility index (Phi) is 3.63. The highest BCUT2D eigenvalue weighted by Gasteiger charge is 2.17. The van der Waals surface area contributed by atoms with Crippen LogP contribution in [0.4, 0.5) is 20.2 Å². The van der Waals surface area contributed by atoms with Crippen molar-refractivity contribution in [2.75, 3.05) is 10.5 Å². The lowest BCUT2D eigenvalue weighted by Crippen LogP contribution is -2.14. The highest BCUT2D eigenvalue weighted by molar-refractivity contribution is 7.92. The summed E-state index contributed by atoms with van der Waals surface area (Å²) in [5.41, 5.74) is 6.18. The van der Waals surface area contributed by atoms with Crippen molar-refractivity contribution in [3.8, 4) is 0 Å². The number of nitrogens with one attached hydrogen (secondary N) is 1. The number of aryl methyl sites for hydroxylation is 1. The molecule has 20 heavy (non-hydrogen) atoms. The van der Waals surface area contributed by atoms with Crippen LogP contribution < -0.4 is 10.5 Å². The van der Waals surface area contributed by atoms with Gasteiger partial charge in [0.05, 0.1) is 10.6 Å². The minimum atomic E-state index is -4.00. The number of rotatable bonds is 3. The van der Waals surface area contributed by atoms with E-state index in [4.69, 9.17) is 5.73 Å². The molecule has 3 N–H and O–H groups in total. The molecule has 106 valence electrons. The second-order valence-electron chi connectivity index (χ2n) is 4.25. The predicted octanol–water partition coefficient (Wildman–Crippen LogP) is 2.66. The van der Waals surface area contributed by atoms with Gasteiger partial charge < -0.3 is 5.73 Å². The number of hydrogen-bond acceptors (Lipinski definition) is 3. The molecule has 0 aliphatic heterocycles. The van der Waals surface area contributed by atoms with Gasteiger partial charge in [-0.25, -0.2) is 17.2 Å². The van der Waals surface area contributed by atoms with Crippen molar-refractivity contribution < 1.29 is 17.2 Å². The molecule has 0 bridgehead atoms. The van der Waals surface area contributed by atoms with E-state index in [-0.39, 0.29) is 4.90 Å². The molecule has 0 atom stereocenters. The molecule has 2 aromatic carbocycles. The first-order chi connectivity index (χ1) is 9.29. The van der Waals surface area contributed by atoms with Crippen LogP contribution >= 0.6 is 0 Å². The topological polar surface area (TPSA) is 72.2 Å². The number of sulfonamides is 1. The fourth-order valence-corrected chi connectivity index (χ4v) is 2.74. The molecule has 0 heterocycles. The highest BCUT2D eigenvalue weighted by Crippen LogP contribution is 2.22. The second kappa shape index (κ2) is 5.09. The van der Waals surface area contributed by atoms with E-state index in [1.165, 1.54) is 18.2 Å². The third-order valence-electron chi connectivity index (χ3n) is 2.72. The zero-order valence-corrected chi connectivity index (χ0v) is 11.3. The molecule has 4 nitrogen and oxygen atoms in total. The SMILES string of the molecule is Cc1cc(S(=O)(=O)Nc2cc(F)ccc2F)ccc1N. The van der Waals surface area contributed by atoms with Gasteiger partial charge in [0.25, 0.3) is 10.0 Å². The van der Waals surface area contributed by atoms with Crippen LogP contribution in [0, 0.1) is 18.6 Å². The summed E-state index contributed by atoms with van der Waals surface area (Å²) in [7, 11) is -4.00. The first-order valence-corrected chi connectivity index (χ1v) is 7.12. The Bertz CT molecular complexity index is 761. The average Bonchev–Trinajstić information content (AvgIpc) is 2.36. The minimum absolute atomic E-state index is 0.0761. The smallest absolute Gasteiger partial charge is 0.261 e. The Morgan fingerprint density at radius 1 is 1.10 bits per heavy atom. The Morgan fingerprint density at radius 3 is 2.45 bits per heavy atom.